The molecule has 1 aromatic rings. The Morgan fingerprint density at radius 3 is 2.33 bits per heavy atom. The topological polar surface area (TPSA) is 37.4 Å². The van der Waals surface area contributed by atoms with Gasteiger partial charge in [0.2, 0.25) is 10.0 Å². The summed E-state index contributed by atoms with van der Waals surface area (Å²) in [7, 11) is -3.58. The van der Waals surface area contributed by atoms with E-state index in [1.165, 1.54) is 9.88 Å². The zero-order valence-electron chi connectivity index (χ0n) is 15.0. The number of allylic oxidation sites excluding steroid dienone is 3. The lowest BCUT2D eigenvalue weighted by Gasteiger charge is -2.19. The Morgan fingerprint density at radius 2 is 1.79 bits per heavy atom. The minimum Gasteiger partial charge on any atom is -0.207 e. The average Bonchev–Trinajstić information content (AvgIpc) is 2.51. The molecule has 0 aromatic heterocycles. The van der Waals surface area contributed by atoms with E-state index < -0.39 is 10.0 Å². The summed E-state index contributed by atoms with van der Waals surface area (Å²) >= 11 is 0. The SMILES string of the molecule is C#CCN(C/C=C(/C)CCC=C(C)C)S(=O)(=O)c1ccc(C)cc1. The fraction of sp³-hybridized carbons (Fsp3) is 0.400. The number of nitrogens with zero attached hydrogens (tertiary/aromatic N) is 1. The van der Waals surface area contributed by atoms with Crippen molar-refractivity contribution in [1.82, 2.24) is 4.31 Å². The quantitative estimate of drug-likeness (QED) is 0.520. The van der Waals surface area contributed by atoms with Gasteiger partial charge in [-0.2, -0.15) is 4.31 Å². The molecule has 0 spiro atoms. The van der Waals surface area contributed by atoms with Crippen LogP contribution >= 0.6 is 0 Å². The number of hydrogen-bond donors (Lipinski definition) is 0. The van der Waals surface area contributed by atoms with Gasteiger partial charge in [-0.05, 0) is 52.7 Å². The molecule has 0 unspecified atom stereocenters. The maximum Gasteiger partial charge on any atom is 0.244 e. The Hall–Kier alpha value is -1.83. The molecular formula is C20H27NO2S. The Labute approximate surface area is 147 Å². The van der Waals surface area contributed by atoms with Crippen molar-refractivity contribution in [1.29, 1.82) is 0 Å². The van der Waals surface area contributed by atoms with Crippen LogP contribution < -0.4 is 0 Å². The number of hydrogen-bond acceptors (Lipinski definition) is 2. The van der Waals surface area contributed by atoms with Crippen molar-refractivity contribution in [3.8, 4) is 12.3 Å². The highest BCUT2D eigenvalue weighted by atomic mass is 32.2. The molecule has 24 heavy (non-hydrogen) atoms. The highest BCUT2D eigenvalue weighted by Crippen LogP contribution is 2.17. The second kappa shape index (κ2) is 9.46. The van der Waals surface area contributed by atoms with Crippen LogP contribution in [0.2, 0.25) is 0 Å². The Bertz CT molecular complexity index is 731. The normalized spacial score (nSPS) is 12.1. The summed E-state index contributed by atoms with van der Waals surface area (Å²) in [5.74, 6) is 2.44. The summed E-state index contributed by atoms with van der Waals surface area (Å²) in [5, 5.41) is 0. The van der Waals surface area contributed by atoms with Gasteiger partial charge in [0.1, 0.15) is 0 Å². The Morgan fingerprint density at radius 1 is 1.17 bits per heavy atom. The molecular weight excluding hydrogens is 318 g/mol. The number of rotatable bonds is 8. The lowest BCUT2D eigenvalue weighted by atomic mass is 10.1. The molecule has 0 aliphatic carbocycles. The van der Waals surface area contributed by atoms with Crippen LogP contribution in [0.4, 0.5) is 0 Å². The maximum atomic E-state index is 12.7. The molecule has 0 atom stereocenters. The van der Waals surface area contributed by atoms with Gasteiger partial charge in [0.25, 0.3) is 0 Å². The standard InChI is InChI=1S/C20H27NO2S/c1-6-15-21(16-14-18(4)9-7-8-17(2)3)24(22,23)20-12-10-19(5)11-13-20/h1,8,10-14H,7,9,15-16H2,2-5H3/b18-14-. The van der Waals surface area contributed by atoms with Gasteiger partial charge in [-0.1, -0.05) is 46.9 Å². The van der Waals surface area contributed by atoms with E-state index in [1.807, 2.05) is 19.9 Å². The molecule has 0 saturated carbocycles. The first-order valence-corrected chi connectivity index (χ1v) is 9.50. The highest BCUT2D eigenvalue weighted by molar-refractivity contribution is 7.89. The second-order valence-electron chi connectivity index (χ2n) is 6.19. The molecule has 0 aliphatic rings. The van der Waals surface area contributed by atoms with Crippen LogP contribution in [0.3, 0.4) is 0 Å². The van der Waals surface area contributed by atoms with Gasteiger partial charge in [0.05, 0.1) is 11.4 Å². The first-order chi connectivity index (χ1) is 11.3. The Kier molecular flexibility index (Phi) is 7.97. The van der Waals surface area contributed by atoms with Gasteiger partial charge in [-0.3, -0.25) is 0 Å². The van der Waals surface area contributed by atoms with Gasteiger partial charge >= 0.3 is 0 Å². The van der Waals surface area contributed by atoms with Crippen LogP contribution in [0.5, 0.6) is 0 Å². The summed E-state index contributed by atoms with van der Waals surface area (Å²) in [6, 6.07) is 6.84. The second-order valence-corrected chi connectivity index (χ2v) is 8.12. The molecule has 4 heteroatoms. The lowest BCUT2D eigenvalue weighted by Crippen LogP contribution is -2.31. The highest BCUT2D eigenvalue weighted by Gasteiger charge is 2.22. The molecule has 0 heterocycles. The van der Waals surface area contributed by atoms with E-state index >= 15 is 0 Å². The van der Waals surface area contributed by atoms with Crippen LogP contribution in [0.1, 0.15) is 39.2 Å². The minimum atomic E-state index is -3.58. The number of aryl methyl sites for hydroxylation is 1. The fourth-order valence-electron chi connectivity index (χ4n) is 2.16. The smallest absolute Gasteiger partial charge is 0.207 e. The molecule has 0 fully saturated rings. The minimum absolute atomic E-state index is 0.0635. The third kappa shape index (κ3) is 6.35. The van der Waals surface area contributed by atoms with E-state index in [4.69, 9.17) is 6.42 Å². The van der Waals surface area contributed by atoms with Crippen LogP contribution in [-0.4, -0.2) is 25.8 Å². The summed E-state index contributed by atoms with van der Waals surface area (Å²) in [6.45, 7) is 8.44. The van der Waals surface area contributed by atoms with E-state index in [1.54, 1.807) is 24.3 Å². The molecule has 1 aromatic carbocycles. The third-order valence-electron chi connectivity index (χ3n) is 3.66. The van der Waals surface area contributed by atoms with Crippen molar-refractivity contribution in [2.75, 3.05) is 13.1 Å². The summed E-state index contributed by atoms with van der Waals surface area (Å²) in [5.41, 5.74) is 3.47. The van der Waals surface area contributed by atoms with Crippen molar-refractivity contribution in [2.24, 2.45) is 0 Å². The molecule has 3 nitrogen and oxygen atoms in total. The van der Waals surface area contributed by atoms with Gasteiger partial charge in [-0.25, -0.2) is 8.42 Å². The lowest BCUT2D eigenvalue weighted by molar-refractivity contribution is 0.477. The summed E-state index contributed by atoms with van der Waals surface area (Å²) in [4.78, 5) is 0.277. The molecule has 0 radical (unpaired) electrons. The number of benzene rings is 1. The van der Waals surface area contributed by atoms with Crippen molar-refractivity contribution in [3.63, 3.8) is 0 Å². The van der Waals surface area contributed by atoms with Crippen molar-refractivity contribution in [3.05, 3.63) is 53.1 Å². The van der Waals surface area contributed by atoms with Gasteiger partial charge in [0.15, 0.2) is 0 Å². The largest absolute Gasteiger partial charge is 0.244 e. The molecule has 0 aliphatic heterocycles. The Balaban J connectivity index is 2.88. The first-order valence-electron chi connectivity index (χ1n) is 8.06. The van der Waals surface area contributed by atoms with Crippen LogP contribution in [-0.2, 0) is 10.0 Å². The molecule has 1 rings (SSSR count). The fourth-order valence-corrected chi connectivity index (χ4v) is 3.45. The van der Waals surface area contributed by atoms with Crippen LogP contribution in [0.25, 0.3) is 0 Å². The van der Waals surface area contributed by atoms with E-state index in [0.29, 0.717) is 6.54 Å². The van der Waals surface area contributed by atoms with E-state index in [9.17, 15) is 8.42 Å². The molecule has 0 saturated heterocycles. The molecule has 0 amide bonds. The van der Waals surface area contributed by atoms with E-state index in [2.05, 4.69) is 25.8 Å². The van der Waals surface area contributed by atoms with Gasteiger partial charge in [0, 0.05) is 6.54 Å². The summed E-state index contributed by atoms with van der Waals surface area (Å²) < 4.78 is 26.8. The maximum absolute atomic E-state index is 12.7. The van der Waals surface area contributed by atoms with Crippen LogP contribution in [0, 0.1) is 19.3 Å². The zero-order chi connectivity index (χ0) is 18.2. The van der Waals surface area contributed by atoms with Crippen molar-refractivity contribution in [2.45, 2.75) is 45.4 Å². The van der Waals surface area contributed by atoms with Gasteiger partial charge in [-0.15, -0.1) is 6.42 Å². The summed E-state index contributed by atoms with van der Waals surface area (Å²) in [6.07, 6.45) is 11.4. The third-order valence-corrected chi connectivity index (χ3v) is 5.49. The van der Waals surface area contributed by atoms with E-state index in [-0.39, 0.29) is 11.4 Å². The van der Waals surface area contributed by atoms with Gasteiger partial charge < -0.3 is 0 Å². The van der Waals surface area contributed by atoms with Crippen molar-refractivity contribution >= 4 is 10.0 Å². The molecule has 0 bridgehead atoms. The van der Waals surface area contributed by atoms with Crippen molar-refractivity contribution < 1.29 is 8.42 Å². The monoisotopic (exact) mass is 345 g/mol. The first kappa shape index (κ1) is 20.2. The molecule has 0 N–H and O–H groups in total. The number of sulfonamides is 1. The predicted octanol–water partition coefficient (Wildman–Crippen LogP) is 4.31. The zero-order valence-corrected chi connectivity index (χ0v) is 15.9. The average molecular weight is 346 g/mol. The van der Waals surface area contributed by atoms with E-state index in [0.717, 1.165) is 24.0 Å². The number of terminal acetylenes is 1. The molecule has 130 valence electrons. The predicted molar refractivity (Wildman–Crippen MR) is 101 cm³/mol. The van der Waals surface area contributed by atoms with Crippen LogP contribution in [0.15, 0.2) is 52.5 Å².